The Morgan fingerprint density at radius 3 is 2.56 bits per heavy atom. The molecule has 1 amide bonds. The number of furan rings is 1. The number of para-hydroxylation sites is 1. The van der Waals surface area contributed by atoms with Gasteiger partial charge in [0, 0.05) is 11.4 Å². The second-order valence-corrected chi connectivity index (χ2v) is 7.78. The molecule has 2 aromatic carbocycles. The van der Waals surface area contributed by atoms with Gasteiger partial charge in [-0.1, -0.05) is 48.5 Å². The largest absolute Gasteiger partial charge is 0.451 e. The lowest BCUT2D eigenvalue weighted by molar-refractivity contribution is -0.0384. The molecule has 3 aromatic rings. The summed E-state index contributed by atoms with van der Waals surface area (Å²) in [5, 5.41) is 4.14. The lowest BCUT2D eigenvalue weighted by atomic mass is 9.86. The fourth-order valence-corrected chi connectivity index (χ4v) is 4.66. The van der Waals surface area contributed by atoms with Crippen molar-refractivity contribution in [2.75, 3.05) is 6.61 Å². The fourth-order valence-electron chi connectivity index (χ4n) is 4.66. The molecular formula is C23H23NO3. The minimum Gasteiger partial charge on any atom is -0.451 e. The molecule has 5 rings (SSSR count). The summed E-state index contributed by atoms with van der Waals surface area (Å²) in [6.07, 6.45) is 3.21. The Labute approximate surface area is 158 Å². The normalized spacial score (nSPS) is 27.4. The topological polar surface area (TPSA) is 51.5 Å². The Kier molecular flexibility index (Phi) is 4.21. The predicted octanol–water partition coefficient (Wildman–Crippen LogP) is 4.72. The second-order valence-electron chi connectivity index (χ2n) is 7.78. The third kappa shape index (κ3) is 3.26. The molecule has 0 spiro atoms. The Morgan fingerprint density at radius 2 is 1.70 bits per heavy atom. The third-order valence-corrected chi connectivity index (χ3v) is 6.03. The summed E-state index contributed by atoms with van der Waals surface area (Å²) in [6, 6.07) is 20.2. The van der Waals surface area contributed by atoms with Crippen LogP contribution in [0, 0.1) is 11.8 Å². The first-order chi connectivity index (χ1) is 13.3. The molecule has 1 aliphatic carbocycles. The molecule has 1 N–H and O–H groups in total. The van der Waals surface area contributed by atoms with Crippen LogP contribution in [0.3, 0.4) is 0 Å². The summed E-state index contributed by atoms with van der Waals surface area (Å²) >= 11 is 0. The van der Waals surface area contributed by atoms with E-state index in [1.807, 2.05) is 36.4 Å². The highest BCUT2D eigenvalue weighted by atomic mass is 16.5. The molecule has 4 heteroatoms. The molecule has 27 heavy (non-hydrogen) atoms. The maximum absolute atomic E-state index is 12.6. The van der Waals surface area contributed by atoms with E-state index in [4.69, 9.17) is 9.15 Å². The Balaban J connectivity index is 1.24. The average Bonchev–Trinajstić information content (AvgIpc) is 3.31. The smallest absolute Gasteiger partial charge is 0.287 e. The van der Waals surface area contributed by atoms with Gasteiger partial charge >= 0.3 is 0 Å². The monoisotopic (exact) mass is 361 g/mol. The SMILES string of the molecule is O=C(N[C@@H]1C[C@@H]2CO[C@H](c3ccccc3)C[C@@H]2C1)c1cc2ccccc2o1. The number of hydrogen-bond acceptors (Lipinski definition) is 3. The number of carbonyl (C=O) groups is 1. The van der Waals surface area contributed by atoms with E-state index in [2.05, 4.69) is 29.6 Å². The molecule has 4 atom stereocenters. The molecule has 138 valence electrons. The van der Waals surface area contributed by atoms with E-state index in [0.29, 0.717) is 17.6 Å². The summed E-state index contributed by atoms with van der Waals surface area (Å²) in [6.45, 7) is 0.779. The van der Waals surface area contributed by atoms with Crippen LogP contribution >= 0.6 is 0 Å². The van der Waals surface area contributed by atoms with Crippen LogP contribution in [0.4, 0.5) is 0 Å². The summed E-state index contributed by atoms with van der Waals surface area (Å²) in [7, 11) is 0. The highest BCUT2D eigenvalue weighted by Crippen LogP contribution is 2.43. The number of fused-ring (bicyclic) bond motifs is 2. The average molecular weight is 361 g/mol. The lowest BCUT2D eigenvalue weighted by Crippen LogP contribution is -2.32. The summed E-state index contributed by atoms with van der Waals surface area (Å²) in [4.78, 5) is 12.6. The highest BCUT2D eigenvalue weighted by Gasteiger charge is 2.40. The maximum atomic E-state index is 12.6. The molecular weight excluding hydrogens is 338 g/mol. The second kappa shape index (κ2) is 6.86. The van der Waals surface area contributed by atoms with E-state index in [0.717, 1.165) is 36.8 Å². The van der Waals surface area contributed by atoms with Gasteiger partial charge in [0.15, 0.2) is 5.76 Å². The number of nitrogens with one attached hydrogen (secondary N) is 1. The van der Waals surface area contributed by atoms with Gasteiger partial charge in [0.1, 0.15) is 5.58 Å². The van der Waals surface area contributed by atoms with Gasteiger partial charge in [0.25, 0.3) is 5.91 Å². The lowest BCUT2D eigenvalue weighted by Gasteiger charge is -2.32. The number of amides is 1. The van der Waals surface area contributed by atoms with Crippen LogP contribution in [0.5, 0.6) is 0 Å². The third-order valence-electron chi connectivity index (χ3n) is 6.03. The zero-order valence-electron chi connectivity index (χ0n) is 15.1. The van der Waals surface area contributed by atoms with Crippen molar-refractivity contribution in [3.05, 3.63) is 72.0 Å². The Hall–Kier alpha value is -2.59. The van der Waals surface area contributed by atoms with E-state index in [9.17, 15) is 4.79 Å². The fraction of sp³-hybridized carbons (Fsp3) is 0.348. The molecule has 1 aliphatic heterocycles. The van der Waals surface area contributed by atoms with Crippen molar-refractivity contribution in [3.8, 4) is 0 Å². The van der Waals surface area contributed by atoms with Gasteiger partial charge in [-0.15, -0.1) is 0 Å². The molecule has 1 saturated heterocycles. The van der Waals surface area contributed by atoms with Crippen molar-refractivity contribution in [2.24, 2.45) is 11.8 Å². The zero-order valence-corrected chi connectivity index (χ0v) is 15.1. The first-order valence-electron chi connectivity index (χ1n) is 9.72. The van der Waals surface area contributed by atoms with Crippen LogP contribution in [0.2, 0.25) is 0 Å². The number of rotatable bonds is 3. The summed E-state index contributed by atoms with van der Waals surface area (Å²) in [5.41, 5.74) is 2.01. The van der Waals surface area contributed by atoms with Gasteiger partial charge in [0.05, 0.1) is 12.7 Å². The predicted molar refractivity (Wildman–Crippen MR) is 103 cm³/mol. The number of ether oxygens (including phenoxy) is 1. The van der Waals surface area contributed by atoms with Crippen LogP contribution < -0.4 is 5.32 Å². The molecule has 1 saturated carbocycles. The molecule has 0 unspecified atom stereocenters. The van der Waals surface area contributed by atoms with E-state index < -0.39 is 0 Å². The minimum absolute atomic E-state index is 0.115. The van der Waals surface area contributed by atoms with Crippen molar-refractivity contribution in [3.63, 3.8) is 0 Å². The van der Waals surface area contributed by atoms with Crippen LogP contribution in [0.15, 0.2) is 65.1 Å². The van der Waals surface area contributed by atoms with Gasteiger partial charge in [-0.2, -0.15) is 0 Å². The van der Waals surface area contributed by atoms with Crippen LogP contribution in [0.25, 0.3) is 11.0 Å². The van der Waals surface area contributed by atoms with Gasteiger partial charge in [-0.05, 0) is 48.8 Å². The van der Waals surface area contributed by atoms with Crippen molar-refractivity contribution in [1.82, 2.24) is 5.32 Å². The van der Waals surface area contributed by atoms with Crippen molar-refractivity contribution in [1.29, 1.82) is 0 Å². The van der Waals surface area contributed by atoms with Crippen molar-refractivity contribution >= 4 is 16.9 Å². The van der Waals surface area contributed by atoms with Gasteiger partial charge in [-0.3, -0.25) is 4.79 Å². The van der Waals surface area contributed by atoms with E-state index >= 15 is 0 Å². The quantitative estimate of drug-likeness (QED) is 0.734. The number of hydrogen-bond donors (Lipinski definition) is 1. The summed E-state index contributed by atoms with van der Waals surface area (Å²) < 4.78 is 11.8. The maximum Gasteiger partial charge on any atom is 0.287 e. The molecule has 2 heterocycles. The Bertz CT molecular complexity index is 915. The van der Waals surface area contributed by atoms with Gasteiger partial charge in [-0.25, -0.2) is 0 Å². The van der Waals surface area contributed by atoms with Crippen LogP contribution in [-0.4, -0.2) is 18.6 Å². The van der Waals surface area contributed by atoms with E-state index in [-0.39, 0.29) is 18.1 Å². The highest BCUT2D eigenvalue weighted by molar-refractivity contribution is 5.96. The Morgan fingerprint density at radius 1 is 0.926 bits per heavy atom. The first kappa shape index (κ1) is 16.6. The van der Waals surface area contributed by atoms with E-state index in [1.54, 1.807) is 0 Å². The van der Waals surface area contributed by atoms with Gasteiger partial charge in [0.2, 0.25) is 0 Å². The molecule has 0 bridgehead atoms. The number of carbonyl (C=O) groups excluding carboxylic acids is 1. The van der Waals surface area contributed by atoms with E-state index in [1.165, 1.54) is 5.56 Å². The van der Waals surface area contributed by atoms with Crippen molar-refractivity contribution < 1.29 is 13.9 Å². The summed E-state index contributed by atoms with van der Waals surface area (Å²) in [5.74, 6) is 1.41. The molecule has 2 aliphatic rings. The minimum atomic E-state index is -0.115. The van der Waals surface area contributed by atoms with Gasteiger partial charge < -0.3 is 14.5 Å². The number of benzene rings is 2. The standard InChI is InChI=1S/C23H23NO3/c25-23(22-12-16-8-4-5-9-20(16)27-22)24-19-10-17-13-21(26-14-18(17)11-19)15-6-2-1-3-7-15/h1-9,12,17-19,21H,10-11,13-14H2,(H,24,25)/t17-,18+,19-,21-/m0/s1. The molecule has 1 aromatic heterocycles. The molecule has 2 fully saturated rings. The zero-order chi connectivity index (χ0) is 18.2. The first-order valence-corrected chi connectivity index (χ1v) is 9.72. The van der Waals surface area contributed by atoms with Crippen LogP contribution in [-0.2, 0) is 4.74 Å². The van der Waals surface area contributed by atoms with Crippen molar-refractivity contribution in [2.45, 2.75) is 31.4 Å². The molecule has 4 nitrogen and oxygen atoms in total. The molecule has 0 radical (unpaired) electrons. The van der Waals surface area contributed by atoms with Crippen LogP contribution in [0.1, 0.15) is 41.5 Å².